The van der Waals surface area contributed by atoms with Gasteiger partial charge in [0.15, 0.2) is 12.4 Å². The van der Waals surface area contributed by atoms with Gasteiger partial charge in [-0.15, -0.1) is 0 Å². The van der Waals surface area contributed by atoms with Crippen LogP contribution in [-0.2, 0) is 4.74 Å². The predicted molar refractivity (Wildman–Crippen MR) is 115 cm³/mol. The largest absolute Gasteiger partial charge is 0.454 e. The van der Waals surface area contributed by atoms with Crippen LogP contribution >= 0.6 is 0 Å². The third-order valence-corrected chi connectivity index (χ3v) is 5.14. The molecule has 0 aliphatic rings. The predicted octanol–water partition coefficient (Wildman–Crippen LogP) is 4.28. The zero-order valence-electron chi connectivity index (χ0n) is 18.1. The van der Waals surface area contributed by atoms with E-state index in [0.717, 1.165) is 30.2 Å². The molecule has 0 fully saturated rings. The Morgan fingerprint density at radius 2 is 1.73 bits per heavy atom. The lowest BCUT2D eigenvalue weighted by atomic mass is 10.1. The van der Waals surface area contributed by atoms with Crippen LogP contribution < -0.4 is 4.90 Å². The minimum absolute atomic E-state index is 0.261. The summed E-state index contributed by atoms with van der Waals surface area (Å²) in [5.74, 6) is 0.524. The molecule has 0 atom stereocenters. The van der Waals surface area contributed by atoms with Gasteiger partial charge in [0.05, 0.1) is 5.56 Å². The lowest BCUT2D eigenvalue weighted by Crippen LogP contribution is -2.21. The summed E-state index contributed by atoms with van der Waals surface area (Å²) in [5, 5.41) is 4.01. The zero-order valence-corrected chi connectivity index (χ0v) is 18.1. The van der Waals surface area contributed by atoms with Crippen molar-refractivity contribution in [3.05, 3.63) is 64.7 Å². The smallest absolute Gasteiger partial charge is 0.338 e. The molecular weight excluding hydrogens is 382 g/mol. The number of nitrogens with zero attached hydrogens (tertiary/aromatic N) is 3. The molecule has 0 spiro atoms. The molecule has 7 nitrogen and oxygen atoms in total. The molecule has 0 amide bonds. The van der Waals surface area contributed by atoms with Gasteiger partial charge in [-0.25, -0.2) is 4.79 Å². The van der Waals surface area contributed by atoms with Crippen molar-refractivity contribution in [1.29, 1.82) is 0 Å². The summed E-state index contributed by atoms with van der Waals surface area (Å²) in [5.41, 5.74) is 3.54. The van der Waals surface area contributed by atoms with Gasteiger partial charge in [0, 0.05) is 41.8 Å². The highest BCUT2D eigenvalue weighted by Crippen LogP contribution is 2.21. The quantitative estimate of drug-likeness (QED) is 0.408. The molecule has 0 unspecified atom stereocenters. The molecule has 2 heterocycles. The first-order chi connectivity index (χ1) is 14.3. The van der Waals surface area contributed by atoms with Crippen LogP contribution in [0.15, 0.2) is 40.9 Å². The Labute approximate surface area is 176 Å². The van der Waals surface area contributed by atoms with Crippen molar-refractivity contribution < 1.29 is 18.8 Å². The Hall–Kier alpha value is -3.35. The molecule has 7 heteroatoms. The van der Waals surface area contributed by atoms with Crippen LogP contribution in [-0.4, -0.2) is 41.2 Å². The molecule has 0 aliphatic heterocycles. The van der Waals surface area contributed by atoms with E-state index in [1.165, 1.54) is 0 Å². The van der Waals surface area contributed by atoms with Gasteiger partial charge < -0.3 is 14.2 Å². The molecule has 0 saturated carbocycles. The molecule has 0 radical (unpaired) electrons. The molecule has 3 aromatic rings. The number of carbonyl (C=O) groups excluding carboxylic acids is 2. The molecule has 0 saturated heterocycles. The summed E-state index contributed by atoms with van der Waals surface area (Å²) >= 11 is 0. The summed E-state index contributed by atoms with van der Waals surface area (Å²) in [7, 11) is 0. The maximum Gasteiger partial charge on any atom is 0.338 e. The first-order valence-electron chi connectivity index (χ1n) is 10.0. The molecular formula is C23H27N3O4. The number of aromatic nitrogens is 2. The van der Waals surface area contributed by atoms with Crippen LogP contribution in [0, 0.1) is 20.8 Å². The highest BCUT2D eigenvalue weighted by molar-refractivity contribution is 6.00. The Balaban J connectivity index is 1.68. The third-order valence-electron chi connectivity index (χ3n) is 5.14. The summed E-state index contributed by atoms with van der Waals surface area (Å²) < 4.78 is 12.2. The van der Waals surface area contributed by atoms with E-state index < -0.39 is 5.97 Å². The zero-order chi connectivity index (χ0) is 21.8. The second-order valence-corrected chi connectivity index (χ2v) is 7.13. The number of anilines is 1. The van der Waals surface area contributed by atoms with E-state index in [1.54, 1.807) is 24.3 Å². The molecule has 0 aliphatic carbocycles. The van der Waals surface area contributed by atoms with E-state index in [-0.39, 0.29) is 12.4 Å². The molecule has 30 heavy (non-hydrogen) atoms. The van der Waals surface area contributed by atoms with Gasteiger partial charge in [-0.2, -0.15) is 0 Å². The summed E-state index contributed by atoms with van der Waals surface area (Å²) in [6, 6.07) is 10.8. The Morgan fingerprint density at radius 3 is 2.30 bits per heavy atom. The monoisotopic (exact) mass is 409 g/mol. The fourth-order valence-electron chi connectivity index (χ4n) is 3.55. The summed E-state index contributed by atoms with van der Waals surface area (Å²) in [6.07, 6.45) is 0. The van der Waals surface area contributed by atoms with Crippen molar-refractivity contribution in [2.24, 2.45) is 0 Å². The van der Waals surface area contributed by atoms with E-state index in [9.17, 15) is 9.59 Å². The molecule has 1 aromatic carbocycles. The molecule has 158 valence electrons. The van der Waals surface area contributed by atoms with E-state index >= 15 is 0 Å². The number of aryl methyl sites for hydroxylation is 2. The van der Waals surface area contributed by atoms with Gasteiger partial charge >= 0.3 is 5.97 Å². The van der Waals surface area contributed by atoms with Crippen LogP contribution in [0.3, 0.4) is 0 Å². The summed E-state index contributed by atoms with van der Waals surface area (Å²) in [4.78, 5) is 27.2. The van der Waals surface area contributed by atoms with Gasteiger partial charge in [-0.05, 0) is 65.0 Å². The van der Waals surface area contributed by atoms with Gasteiger partial charge in [0.2, 0.25) is 5.78 Å². The second-order valence-electron chi connectivity index (χ2n) is 7.13. The van der Waals surface area contributed by atoms with Crippen molar-refractivity contribution >= 4 is 17.4 Å². The number of ether oxygens (including phenoxy) is 1. The maximum absolute atomic E-state index is 12.7. The average molecular weight is 409 g/mol. The number of carbonyl (C=O) groups is 2. The molecule has 0 bridgehead atoms. The van der Waals surface area contributed by atoms with Crippen molar-refractivity contribution in [3.63, 3.8) is 0 Å². The lowest BCUT2D eigenvalue weighted by Gasteiger charge is -2.20. The maximum atomic E-state index is 12.7. The van der Waals surface area contributed by atoms with Gasteiger partial charge in [-0.3, -0.25) is 9.36 Å². The van der Waals surface area contributed by atoms with Crippen molar-refractivity contribution in [2.75, 3.05) is 24.6 Å². The number of Topliss-reactive ketones (excluding diaryl/α,β-unsaturated/α-hetero) is 1. The number of hydrogen-bond acceptors (Lipinski definition) is 6. The molecule has 2 aromatic heterocycles. The Kier molecular flexibility index (Phi) is 6.40. The highest BCUT2D eigenvalue weighted by Gasteiger charge is 2.20. The number of hydrogen-bond donors (Lipinski definition) is 0. The number of ketones is 1. The first kappa shape index (κ1) is 21.4. The fraction of sp³-hybridized carbons (Fsp3) is 0.348. The van der Waals surface area contributed by atoms with Gasteiger partial charge in [0.25, 0.3) is 0 Å². The van der Waals surface area contributed by atoms with E-state index in [2.05, 4.69) is 23.9 Å². The average Bonchev–Trinajstić information content (AvgIpc) is 3.29. The molecule has 0 N–H and O–H groups in total. The van der Waals surface area contributed by atoms with Gasteiger partial charge in [0.1, 0.15) is 5.76 Å². The second kappa shape index (κ2) is 8.98. The SMILES string of the molecule is CCN(CC)c1ccc(C(=O)OCC(=O)c2cc(C)n(-c3cc(C)on3)c2C)cc1. The van der Waals surface area contributed by atoms with Crippen molar-refractivity contribution in [3.8, 4) is 5.82 Å². The van der Waals surface area contributed by atoms with E-state index in [0.29, 0.717) is 22.7 Å². The van der Waals surface area contributed by atoms with Crippen LogP contribution in [0.5, 0.6) is 0 Å². The van der Waals surface area contributed by atoms with Crippen molar-refractivity contribution in [2.45, 2.75) is 34.6 Å². The van der Waals surface area contributed by atoms with Gasteiger partial charge in [-0.1, -0.05) is 5.16 Å². The first-order valence-corrected chi connectivity index (χ1v) is 10.0. The number of benzene rings is 1. The number of esters is 1. The van der Waals surface area contributed by atoms with Crippen LogP contribution in [0.1, 0.15) is 51.7 Å². The highest BCUT2D eigenvalue weighted by atomic mass is 16.5. The van der Waals surface area contributed by atoms with E-state index in [1.807, 2.05) is 37.5 Å². The minimum Gasteiger partial charge on any atom is -0.454 e. The summed E-state index contributed by atoms with van der Waals surface area (Å²) in [6.45, 7) is 11.1. The molecule has 3 rings (SSSR count). The van der Waals surface area contributed by atoms with Crippen LogP contribution in [0.2, 0.25) is 0 Å². The minimum atomic E-state index is -0.518. The van der Waals surface area contributed by atoms with Crippen LogP contribution in [0.25, 0.3) is 5.82 Å². The lowest BCUT2D eigenvalue weighted by molar-refractivity contribution is 0.0474. The third kappa shape index (κ3) is 4.30. The van der Waals surface area contributed by atoms with Crippen molar-refractivity contribution in [1.82, 2.24) is 9.72 Å². The standard InChI is InChI=1S/C23H27N3O4/c1-6-25(7-2)19-10-8-18(9-11-19)23(28)29-14-21(27)20-12-15(3)26(17(20)5)22-13-16(4)30-24-22/h8-13H,6-7,14H2,1-5H3. The Bertz CT molecular complexity index is 1040. The topological polar surface area (TPSA) is 77.6 Å². The van der Waals surface area contributed by atoms with Crippen LogP contribution in [0.4, 0.5) is 5.69 Å². The Morgan fingerprint density at radius 1 is 1.07 bits per heavy atom. The van der Waals surface area contributed by atoms with E-state index in [4.69, 9.17) is 9.26 Å². The fourth-order valence-corrected chi connectivity index (χ4v) is 3.55. The normalized spacial score (nSPS) is 10.8. The number of rotatable bonds is 8.